The number of likely N-dealkylation sites (tertiary alicyclic amines) is 1. The highest BCUT2D eigenvalue weighted by Gasteiger charge is 2.25. The average molecular weight is 230 g/mol. The van der Waals surface area contributed by atoms with Crippen molar-refractivity contribution in [3.63, 3.8) is 0 Å². The molecule has 0 saturated carbocycles. The molecule has 1 aliphatic heterocycles. The summed E-state index contributed by atoms with van der Waals surface area (Å²) in [6, 6.07) is 8.75. The predicted molar refractivity (Wildman–Crippen MR) is 66.2 cm³/mol. The van der Waals surface area contributed by atoms with Gasteiger partial charge < -0.3 is 0 Å². The molecule has 17 heavy (non-hydrogen) atoms. The lowest BCUT2D eigenvalue weighted by molar-refractivity contribution is 0.248. The Labute approximate surface area is 102 Å². The molecule has 0 bridgehead atoms. The van der Waals surface area contributed by atoms with Gasteiger partial charge in [-0.2, -0.15) is 5.26 Å². The molecule has 1 saturated heterocycles. The molecule has 1 fully saturated rings. The van der Waals surface area contributed by atoms with E-state index < -0.39 is 0 Å². The summed E-state index contributed by atoms with van der Waals surface area (Å²) >= 11 is 0. The van der Waals surface area contributed by atoms with E-state index in [1.165, 1.54) is 0 Å². The van der Waals surface area contributed by atoms with E-state index in [4.69, 9.17) is 5.26 Å². The Bertz CT molecular complexity index is 384. The predicted octanol–water partition coefficient (Wildman–Crippen LogP) is 1.11. The Morgan fingerprint density at radius 2 is 2.47 bits per heavy atom. The highest BCUT2D eigenvalue weighted by molar-refractivity contribution is 5.04. The molecule has 1 atom stereocenters. The lowest BCUT2D eigenvalue weighted by Crippen LogP contribution is -2.34. The summed E-state index contributed by atoms with van der Waals surface area (Å²) in [6.45, 7) is 3.56. The molecule has 1 aromatic rings. The van der Waals surface area contributed by atoms with Gasteiger partial charge in [-0.25, -0.2) is 0 Å². The first-order valence-corrected chi connectivity index (χ1v) is 5.99. The molecular formula is C13H18N4. The number of hydrogen-bond donors (Lipinski definition) is 0. The van der Waals surface area contributed by atoms with E-state index in [9.17, 15) is 0 Å². The zero-order valence-electron chi connectivity index (χ0n) is 10.2. The second-order valence-electron chi connectivity index (χ2n) is 4.57. The minimum absolute atomic E-state index is 0.512. The fourth-order valence-corrected chi connectivity index (χ4v) is 2.28. The number of rotatable bonds is 4. The van der Waals surface area contributed by atoms with Crippen molar-refractivity contribution < 1.29 is 0 Å². The second kappa shape index (κ2) is 5.76. The van der Waals surface area contributed by atoms with E-state index in [2.05, 4.69) is 26.9 Å². The van der Waals surface area contributed by atoms with Gasteiger partial charge in [-0.3, -0.25) is 14.8 Å². The maximum absolute atomic E-state index is 8.68. The molecule has 0 aliphatic carbocycles. The summed E-state index contributed by atoms with van der Waals surface area (Å²) in [5, 5.41) is 8.68. The minimum atomic E-state index is 0.512. The molecule has 0 radical (unpaired) electrons. The molecule has 2 rings (SSSR count). The van der Waals surface area contributed by atoms with E-state index in [1.807, 2.05) is 25.4 Å². The summed E-state index contributed by atoms with van der Waals surface area (Å²) in [5.41, 5.74) is 1.12. The van der Waals surface area contributed by atoms with Gasteiger partial charge in [-0.05, 0) is 25.6 Å². The van der Waals surface area contributed by atoms with E-state index in [0.29, 0.717) is 12.6 Å². The summed E-state index contributed by atoms with van der Waals surface area (Å²) in [6.07, 6.45) is 2.98. The average Bonchev–Trinajstić information content (AvgIpc) is 2.79. The molecule has 0 spiro atoms. The monoisotopic (exact) mass is 230 g/mol. The van der Waals surface area contributed by atoms with Gasteiger partial charge in [0.2, 0.25) is 0 Å². The molecule has 1 aliphatic rings. The molecule has 0 aromatic carbocycles. The van der Waals surface area contributed by atoms with Crippen molar-refractivity contribution in [3.05, 3.63) is 30.1 Å². The Morgan fingerprint density at radius 3 is 3.18 bits per heavy atom. The molecule has 4 heteroatoms. The number of nitrogens with zero attached hydrogens (tertiary/aromatic N) is 4. The minimum Gasteiger partial charge on any atom is -0.296 e. The first kappa shape index (κ1) is 12.0. The van der Waals surface area contributed by atoms with Crippen LogP contribution in [0.2, 0.25) is 0 Å². The number of pyridine rings is 1. The molecule has 4 nitrogen and oxygen atoms in total. The Hall–Kier alpha value is -1.44. The van der Waals surface area contributed by atoms with Crippen molar-refractivity contribution in [1.29, 1.82) is 5.26 Å². The molecule has 1 aromatic heterocycles. The van der Waals surface area contributed by atoms with Crippen molar-refractivity contribution >= 4 is 0 Å². The lowest BCUT2D eigenvalue weighted by Gasteiger charge is -2.21. The Morgan fingerprint density at radius 1 is 1.59 bits per heavy atom. The van der Waals surface area contributed by atoms with Crippen LogP contribution in [0.3, 0.4) is 0 Å². The topological polar surface area (TPSA) is 43.2 Å². The van der Waals surface area contributed by atoms with Gasteiger partial charge in [0.15, 0.2) is 0 Å². The normalized spacial score (nSPS) is 20.6. The SMILES string of the molecule is CN(CC#N)C1CCN(Cc2ccccn2)C1. The van der Waals surface area contributed by atoms with E-state index >= 15 is 0 Å². The third-order valence-electron chi connectivity index (χ3n) is 3.30. The van der Waals surface area contributed by atoms with Crippen LogP contribution in [-0.2, 0) is 6.54 Å². The van der Waals surface area contributed by atoms with Gasteiger partial charge >= 0.3 is 0 Å². The van der Waals surface area contributed by atoms with Gasteiger partial charge in [-0.1, -0.05) is 6.07 Å². The summed E-state index contributed by atoms with van der Waals surface area (Å²) < 4.78 is 0. The first-order chi connectivity index (χ1) is 8.29. The number of hydrogen-bond acceptors (Lipinski definition) is 4. The standard InChI is InChI=1S/C13H18N4/c1-16(9-6-14)13-5-8-17(11-13)10-12-4-2-3-7-15-12/h2-4,7,13H,5,8-11H2,1H3. The molecule has 2 heterocycles. The molecule has 1 unspecified atom stereocenters. The third-order valence-corrected chi connectivity index (χ3v) is 3.30. The number of likely N-dealkylation sites (N-methyl/N-ethyl adjacent to an activating group) is 1. The van der Waals surface area contributed by atoms with Crippen LogP contribution < -0.4 is 0 Å². The zero-order chi connectivity index (χ0) is 12.1. The van der Waals surface area contributed by atoms with Gasteiger partial charge in [0.05, 0.1) is 18.3 Å². The fraction of sp³-hybridized carbons (Fsp3) is 0.538. The maximum Gasteiger partial charge on any atom is 0.0866 e. The van der Waals surface area contributed by atoms with E-state index in [-0.39, 0.29) is 0 Å². The van der Waals surface area contributed by atoms with Crippen LogP contribution >= 0.6 is 0 Å². The van der Waals surface area contributed by atoms with Crippen molar-refractivity contribution in [2.75, 3.05) is 26.7 Å². The van der Waals surface area contributed by atoms with Crippen LogP contribution in [0, 0.1) is 11.3 Å². The third kappa shape index (κ3) is 3.26. The van der Waals surface area contributed by atoms with Crippen LogP contribution in [0.4, 0.5) is 0 Å². The van der Waals surface area contributed by atoms with Gasteiger partial charge in [-0.15, -0.1) is 0 Å². The van der Waals surface area contributed by atoms with Crippen LogP contribution in [-0.4, -0.2) is 47.5 Å². The maximum atomic E-state index is 8.68. The van der Waals surface area contributed by atoms with Crippen molar-refractivity contribution in [2.45, 2.75) is 19.0 Å². The second-order valence-corrected chi connectivity index (χ2v) is 4.57. The Kier molecular flexibility index (Phi) is 4.08. The van der Waals surface area contributed by atoms with Crippen molar-refractivity contribution in [3.8, 4) is 6.07 Å². The first-order valence-electron chi connectivity index (χ1n) is 5.99. The van der Waals surface area contributed by atoms with Crippen LogP contribution in [0.1, 0.15) is 12.1 Å². The van der Waals surface area contributed by atoms with Crippen LogP contribution in [0.25, 0.3) is 0 Å². The van der Waals surface area contributed by atoms with Crippen LogP contribution in [0.5, 0.6) is 0 Å². The highest BCUT2D eigenvalue weighted by atomic mass is 15.2. The summed E-state index contributed by atoms with van der Waals surface area (Å²) in [4.78, 5) is 8.88. The highest BCUT2D eigenvalue weighted by Crippen LogP contribution is 2.16. The van der Waals surface area contributed by atoms with Crippen LogP contribution in [0.15, 0.2) is 24.4 Å². The van der Waals surface area contributed by atoms with Gasteiger partial charge in [0.1, 0.15) is 0 Å². The van der Waals surface area contributed by atoms with Gasteiger partial charge in [0, 0.05) is 31.9 Å². The molecule has 0 amide bonds. The quantitative estimate of drug-likeness (QED) is 0.727. The molecular weight excluding hydrogens is 212 g/mol. The number of aromatic nitrogens is 1. The fourth-order valence-electron chi connectivity index (χ4n) is 2.28. The zero-order valence-corrected chi connectivity index (χ0v) is 10.2. The molecule has 0 N–H and O–H groups in total. The smallest absolute Gasteiger partial charge is 0.0866 e. The number of nitriles is 1. The lowest BCUT2D eigenvalue weighted by atomic mass is 10.2. The Balaban J connectivity index is 1.84. The van der Waals surface area contributed by atoms with Crippen molar-refractivity contribution in [2.24, 2.45) is 0 Å². The summed E-state index contributed by atoms with van der Waals surface area (Å²) in [7, 11) is 2.03. The summed E-state index contributed by atoms with van der Waals surface area (Å²) in [5.74, 6) is 0. The molecule has 90 valence electrons. The van der Waals surface area contributed by atoms with Crippen molar-refractivity contribution in [1.82, 2.24) is 14.8 Å². The van der Waals surface area contributed by atoms with Gasteiger partial charge in [0.25, 0.3) is 0 Å². The van der Waals surface area contributed by atoms with E-state index in [1.54, 1.807) is 0 Å². The van der Waals surface area contributed by atoms with E-state index in [0.717, 1.165) is 31.7 Å². The largest absolute Gasteiger partial charge is 0.296 e.